The van der Waals surface area contributed by atoms with Crippen molar-refractivity contribution in [3.63, 3.8) is 0 Å². The molecular weight excluding hydrogens is 156 g/mol. The lowest BCUT2D eigenvalue weighted by atomic mass is 9.75. The first-order valence-electron chi connectivity index (χ1n) is 4.45. The second-order valence-corrected chi connectivity index (χ2v) is 3.16. The van der Waals surface area contributed by atoms with Gasteiger partial charge in [0, 0.05) is 5.41 Å². The molecule has 0 spiro atoms. The van der Waals surface area contributed by atoms with Crippen molar-refractivity contribution in [2.45, 2.75) is 46.1 Å². The van der Waals surface area contributed by atoms with E-state index in [0.717, 1.165) is 0 Å². The number of hydrogen-bond acceptors (Lipinski definition) is 2. The monoisotopic (exact) mass is 174 g/mol. The Bertz CT molecular complexity index is 142. The lowest BCUT2D eigenvalue weighted by Gasteiger charge is -2.32. The van der Waals surface area contributed by atoms with Crippen molar-refractivity contribution in [1.82, 2.24) is 0 Å². The molecule has 0 heterocycles. The fourth-order valence-corrected chi connectivity index (χ4v) is 1.59. The third-order valence-corrected chi connectivity index (χ3v) is 2.93. The molecule has 1 atom stereocenters. The molecule has 0 radical (unpaired) electrons. The van der Waals surface area contributed by atoms with E-state index in [4.69, 9.17) is 5.11 Å². The molecule has 12 heavy (non-hydrogen) atoms. The van der Waals surface area contributed by atoms with Crippen LogP contribution >= 0.6 is 0 Å². The van der Waals surface area contributed by atoms with Gasteiger partial charge in [-0.2, -0.15) is 0 Å². The highest BCUT2D eigenvalue weighted by atomic mass is 16.4. The van der Waals surface area contributed by atoms with Gasteiger partial charge in [-0.05, 0) is 19.3 Å². The summed E-state index contributed by atoms with van der Waals surface area (Å²) >= 11 is 0. The van der Waals surface area contributed by atoms with Gasteiger partial charge in [0.05, 0.1) is 0 Å². The van der Waals surface area contributed by atoms with E-state index in [-0.39, 0.29) is 0 Å². The lowest BCUT2D eigenvalue weighted by molar-refractivity contribution is -0.155. The molecule has 3 heteroatoms. The first-order valence-corrected chi connectivity index (χ1v) is 4.45. The number of carbonyl (C=O) groups is 1. The molecule has 2 N–H and O–H groups in total. The molecule has 0 aliphatic heterocycles. The maximum absolute atomic E-state index is 10.6. The fourth-order valence-electron chi connectivity index (χ4n) is 1.59. The minimum Gasteiger partial charge on any atom is -0.479 e. The van der Waals surface area contributed by atoms with E-state index in [1.807, 2.05) is 20.8 Å². The predicted octanol–water partition coefficient (Wildman–Crippen LogP) is 1.65. The lowest BCUT2D eigenvalue weighted by Crippen LogP contribution is -2.39. The number of hydrogen-bond donors (Lipinski definition) is 2. The van der Waals surface area contributed by atoms with Gasteiger partial charge in [-0.1, -0.05) is 20.8 Å². The smallest absolute Gasteiger partial charge is 0.333 e. The van der Waals surface area contributed by atoms with Crippen LogP contribution in [0.15, 0.2) is 0 Å². The van der Waals surface area contributed by atoms with Crippen LogP contribution in [0.3, 0.4) is 0 Å². The zero-order chi connectivity index (χ0) is 9.78. The SMILES string of the molecule is CCC(CC)(CC)C(O)C(=O)O. The number of aliphatic hydroxyl groups is 1. The first-order chi connectivity index (χ1) is 5.54. The van der Waals surface area contributed by atoms with Gasteiger partial charge in [0.1, 0.15) is 0 Å². The highest BCUT2D eigenvalue weighted by Crippen LogP contribution is 2.34. The van der Waals surface area contributed by atoms with Crippen molar-refractivity contribution in [1.29, 1.82) is 0 Å². The van der Waals surface area contributed by atoms with Crippen molar-refractivity contribution in [3.05, 3.63) is 0 Å². The molecule has 1 unspecified atom stereocenters. The summed E-state index contributed by atoms with van der Waals surface area (Å²) in [5.41, 5.74) is -0.439. The Hall–Kier alpha value is -0.570. The summed E-state index contributed by atoms with van der Waals surface area (Å²) in [6, 6.07) is 0. The van der Waals surface area contributed by atoms with E-state index in [9.17, 15) is 9.90 Å². The minimum absolute atomic E-state index is 0.439. The maximum Gasteiger partial charge on any atom is 0.333 e. The van der Waals surface area contributed by atoms with Crippen LogP contribution in [0.5, 0.6) is 0 Å². The average Bonchev–Trinajstić information content (AvgIpc) is 2.08. The topological polar surface area (TPSA) is 57.5 Å². The molecule has 0 amide bonds. The van der Waals surface area contributed by atoms with Crippen molar-refractivity contribution in [2.24, 2.45) is 5.41 Å². The van der Waals surface area contributed by atoms with E-state index < -0.39 is 17.5 Å². The van der Waals surface area contributed by atoms with Crippen LogP contribution in [0.25, 0.3) is 0 Å². The summed E-state index contributed by atoms with van der Waals surface area (Å²) in [5.74, 6) is -1.11. The van der Waals surface area contributed by atoms with Crippen LogP contribution < -0.4 is 0 Å². The Kier molecular flexibility index (Phi) is 4.24. The van der Waals surface area contributed by atoms with Gasteiger partial charge in [-0.15, -0.1) is 0 Å². The van der Waals surface area contributed by atoms with Crippen LogP contribution in [0.1, 0.15) is 40.0 Å². The minimum atomic E-state index is -1.22. The Morgan fingerprint density at radius 2 is 1.58 bits per heavy atom. The summed E-state index contributed by atoms with van der Waals surface area (Å²) in [7, 11) is 0. The quantitative estimate of drug-likeness (QED) is 0.666. The molecule has 0 bridgehead atoms. The molecule has 0 aromatic rings. The van der Waals surface area contributed by atoms with Gasteiger partial charge >= 0.3 is 5.97 Å². The Morgan fingerprint density at radius 3 is 1.67 bits per heavy atom. The molecular formula is C9H18O3. The van der Waals surface area contributed by atoms with Gasteiger partial charge in [-0.25, -0.2) is 4.79 Å². The van der Waals surface area contributed by atoms with Crippen LogP contribution in [0, 0.1) is 5.41 Å². The summed E-state index contributed by atoms with van der Waals surface area (Å²) in [5, 5.41) is 18.1. The van der Waals surface area contributed by atoms with E-state index in [1.165, 1.54) is 0 Å². The van der Waals surface area contributed by atoms with Crippen molar-refractivity contribution in [3.8, 4) is 0 Å². The standard InChI is InChI=1S/C9H18O3/c1-4-9(5-2,6-3)7(10)8(11)12/h7,10H,4-6H2,1-3H3,(H,11,12). The third-order valence-electron chi connectivity index (χ3n) is 2.93. The Labute approximate surface area is 73.4 Å². The van der Waals surface area contributed by atoms with Crippen LogP contribution in [0.2, 0.25) is 0 Å². The highest BCUT2D eigenvalue weighted by Gasteiger charge is 2.37. The van der Waals surface area contributed by atoms with E-state index >= 15 is 0 Å². The van der Waals surface area contributed by atoms with E-state index in [1.54, 1.807) is 0 Å². The first kappa shape index (κ1) is 11.4. The largest absolute Gasteiger partial charge is 0.479 e. The van der Waals surface area contributed by atoms with Crippen molar-refractivity contribution in [2.75, 3.05) is 0 Å². The highest BCUT2D eigenvalue weighted by molar-refractivity contribution is 5.73. The molecule has 0 aromatic heterocycles. The molecule has 0 aliphatic rings. The number of carboxylic acids is 1. The number of carboxylic acid groups (broad SMARTS) is 1. The Balaban J connectivity index is 4.58. The second kappa shape index (κ2) is 4.45. The summed E-state index contributed by atoms with van der Waals surface area (Å²) < 4.78 is 0. The van der Waals surface area contributed by atoms with Gasteiger partial charge < -0.3 is 10.2 Å². The summed E-state index contributed by atoms with van der Waals surface area (Å²) in [6.45, 7) is 5.75. The number of aliphatic hydroxyl groups excluding tert-OH is 1. The third kappa shape index (κ3) is 1.97. The Morgan fingerprint density at radius 1 is 1.25 bits per heavy atom. The van der Waals surface area contributed by atoms with Crippen LogP contribution in [-0.2, 0) is 4.79 Å². The average molecular weight is 174 g/mol. The normalized spacial score (nSPS) is 14.3. The van der Waals surface area contributed by atoms with E-state index in [2.05, 4.69) is 0 Å². The molecule has 0 saturated heterocycles. The van der Waals surface area contributed by atoms with Crippen LogP contribution in [0.4, 0.5) is 0 Å². The van der Waals surface area contributed by atoms with Gasteiger partial charge in [0.25, 0.3) is 0 Å². The number of rotatable bonds is 5. The molecule has 3 nitrogen and oxygen atoms in total. The molecule has 0 fully saturated rings. The van der Waals surface area contributed by atoms with Crippen molar-refractivity contribution >= 4 is 5.97 Å². The van der Waals surface area contributed by atoms with Crippen LogP contribution in [-0.4, -0.2) is 22.3 Å². The zero-order valence-electron chi connectivity index (χ0n) is 8.00. The van der Waals surface area contributed by atoms with Gasteiger partial charge in [0.2, 0.25) is 0 Å². The maximum atomic E-state index is 10.6. The molecule has 0 rings (SSSR count). The fraction of sp³-hybridized carbons (Fsp3) is 0.889. The predicted molar refractivity (Wildman–Crippen MR) is 46.9 cm³/mol. The zero-order valence-corrected chi connectivity index (χ0v) is 8.00. The van der Waals surface area contributed by atoms with Crippen molar-refractivity contribution < 1.29 is 15.0 Å². The summed E-state index contributed by atoms with van der Waals surface area (Å²) in [4.78, 5) is 10.6. The van der Waals surface area contributed by atoms with E-state index in [0.29, 0.717) is 19.3 Å². The molecule has 0 aromatic carbocycles. The van der Waals surface area contributed by atoms with Gasteiger partial charge in [0.15, 0.2) is 6.10 Å². The molecule has 0 saturated carbocycles. The molecule has 72 valence electrons. The number of aliphatic carboxylic acids is 1. The summed E-state index contributed by atoms with van der Waals surface area (Å²) in [6.07, 6.45) is 0.881. The molecule has 0 aliphatic carbocycles. The van der Waals surface area contributed by atoms with Gasteiger partial charge in [-0.3, -0.25) is 0 Å². The second-order valence-electron chi connectivity index (χ2n) is 3.16.